The van der Waals surface area contributed by atoms with E-state index in [2.05, 4.69) is 5.16 Å². The summed E-state index contributed by atoms with van der Waals surface area (Å²) in [5, 5.41) is 13.2. The fourth-order valence-corrected chi connectivity index (χ4v) is 3.09. The van der Waals surface area contributed by atoms with E-state index in [1.807, 2.05) is 67.6 Å². The van der Waals surface area contributed by atoms with Crippen LogP contribution in [0.4, 0.5) is 0 Å². The highest BCUT2D eigenvalue weighted by Crippen LogP contribution is 2.25. The SMILES string of the molecule is CO[C@@H]1OC(C)[C@@H](OCc2ccccc2)/C(=N\O)[C@@H]1OCc1ccccc1. The molecular formula is C21H25NO5. The third-order valence-electron chi connectivity index (χ3n) is 4.50. The zero-order valence-electron chi connectivity index (χ0n) is 15.5. The van der Waals surface area contributed by atoms with Crippen molar-refractivity contribution in [2.24, 2.45) is 5.16 Å². The molecule has 1 aliphatic rings. The summed E-state index contributed by atoms with van der Waals surface area (Å²) >= 11 is 0. The van der Waals surface area contributed by atoms with Crippen molar-refractivity contribution in [3.05, 3.63) is 71.8 Å². The van der Waals surface area contributed by atoms with Gasteiger partial charge in [-0.1, -0.05) is 65.8 Å². The largest absolute Gasteiger partial charge is 0.411 e. The molecule has 0 saturated carbocycles. The Morgan fingerprint density at radius 3 is 1.89 bits per heavy atom. The maximum Gasteiger partial charge on any atom is 0.189 e. The third-order valence-corrected chi connectivity index (χ3v) is 4.50. The highest BCUT2D eigenvalue weighted by Gasteiger charge is 2.44. The van der Waals surface area contributed by atoms with Crippen molar-refractivity contribution in [1.29, 1.82) is 0 Å². The highest BCUT2D eigenvalue weighted by molar-refractivity contribution is 5.93. The number of nitrogens with zero attached hydrogens (tertiary/aromatic N) is 1. The summed E-state index contributed by atoms with van der Waals surface area (Å²) in [6.07, 6.45) is -2.23. The lowest BCUT2D eigenvalue weighted by Gasteiger charge is -2.39. The molecule has 6 heteroatoms. The minimum absolute atomic E-state index is 0.341. The van der Waals surface area contributed by atoms with Gasteiger partial charge in [0.1, 0.15) is 11.8 Å². The Hall–Kier alpha value is -2.25. The van der Waals surface area contributed by atoms with Crippen molar-refractivity contribution in [3.8, 4) is 0 Å². The summed E-state index contributed by atoms with van der Waals surface area (Å²) in [6.45, 7) is 2.58. The number of benzene rings is 2. The lowest BCUT2D eigenvalue weighted by Crippen LogP contribution is -2.56. The second-order valence-electron chi connectivity index (χ2n) is 6.40. The second kappa shape index (κ2) is 9.62. The van der Waals surface area contributed by atoms with Crippen molar-refractivity contribution in [3.63, 3.8) is 0 Å². The van der Waals surface area contributed by atoms with Crippen LogP contribution in [0.15, 0.2) is 65.8 Å². The van der Waals surface area contributed by atoms with Gasteiger partial charge < -0.3 is 24.2 Å². The van der Waals surface area contributed by atoms with Crippen molar-refractivity contribution < 1.29 is 24.2 Å². The van der Waals surface area contributed by atoms with Crippen LogP contribution < -0.4 is 0 Å². The van der Waals surface area contributed by atoms with E-state index >= 15 is 0 Å². The van der Waals surface area contributed by atoms with Crippen LogP contribution in [0.2, 0.25) is 0 Å². The molecule has 1 aliphatic heterocycles. The van der Waals surface area contributed by atoms with E-state index in [9.17, 15) is 5.21 Å². The van der Waals surface area contributed by atoms with Gasteiger partial charge in [0.25, 0.3) is 0 Å². The topological polar surface area (TPSA) is 69.5 Å². The Morgan fingerprint density at radius 1 is 0.889 bits per heavy atom. The van der Waals surface area contributed by atoms with Crippen LogP contribution in [0.1, 0.15) is 18.1 Å². The Bertz CT molecular complexity index is 722. The van der Waals surface area contributed by atoms with Gasteiger partial charge in [-0.25, -0.2) is 0 Å². The Labute approximate surface area is 159 Å². The van der Waals surface area contributed by atoms with Gasteiger partial charge in [-0.05, 0) is 18.1 Å². The van der Waals surface area contributed by atoms with E-state index < -0.39 is 18.5 Å². The molecule has 3 rings (SSSR count). The lowest BCUT2D eigenvalue weighted by molar-refractivity contribution is -0.230. The first-order chi connectivity index (χ1) is 13.2. The predicted octanol–water partition coefficient (Wildman–Crippen LogP) is 3.38. The molecular weight excluding hydrogens is 346 g/mol. The Kier molecular flexibility index (Phi) is 6.95. The molecule has 0 aliphatic carbocycles. The van der Waals surface area contributed by atoms with E-state index in [0.29, 0.717) is 18.9 Å². The number of hydrogen-bond acceptors (Lipinski definition) is 6. The van der Waals surface area contributed by atoms with E-state index in [0.717, 1.165) is 11.1 Å². The van der Waals surface area contributed by atoms with Gasteiger partial charge in [-0.3, -0.25) is 0 Å². The normalized spacial score (nSPS) is 27.0. The van der Waals surface area contributed by atoms with Crippen LogP contribution in [0.3, 0.4) is 0 Å². The average Bonchev–Trinajstić information content (AvgIpc) is 2.72. The molecule has 2 aromatic rings. The molecule has 144 valence electrons. The van der Waals surface area contributed by atoms with E-state index in [1.54, 1.807) is 0 Å². The van der Waals surface area contributed by atoms with Crippen LogP contribution in [-0.2, 0) is 32.2 Å². The van der Waals surface area contributed by atoms with Crippen molar-refractivity contribution in [2.75, 3.05) is 7.11 Å². The van der Waals surface area contributed by atoms with Crippen LogP contribution in [0.5, 0.6) is 0 Å². The summed E-state index contributed by atoms with van der Waals surface area (Å²) in [5.74, 6) is 0. The number of hydrogen-bond donors (Lipinski definition) is 1. The van der Waals surface area contributed by atoms with E-state index in [4.69, 9.17) is 18.9 Å². The summed E-state index contributed by atoms with van der Waals surface area (Å²) in [5.41, 5.74) is 2.40. The Morgan fingerprint density at radius 2 is 1.41 bits per heavy atom. The van der Waals surface area contributed by atoms with Crippen LogP contribution in [-0.4, -0.2) is 42.6 Å². The lowest BCUT2D eigenvalue weighted by atomic mass is 10.00. The molecule has 0 spiro atoms. The van der Waals surface area contributed by atoms with Crippen LogP contribution >= 0.6 is 0 Å². The molecule has 1 saturated heterocycles. The zero-order chi connectivity index (χ0) is 19.1. The predicted molar refractivity (Wildman–Crippen MR) is 101 cm³/mol. The summed E-state index contributed by atoms with van der Waals surface area (Å²) in [7, 11) is 1.54. The first kappa shape index (κ1) is 19.5. The monoisotopic (exact) mass is 371 g/mol. The fourth-order valence-electron chi connectivity index (χ4n) is 3.09. The summed E-state index contributed by atoms with van der Waals surface area (Å²) in [4.78, 5) is 0. The standard InChI is InChI=1S/C21H25NO5/c1-15-19(25-13-16-9-5-3-6-10-16)18(22-23)20(21(24-2)27-15)26-14-17-11-7-4-8-12-17/h3-12,15,19-21,23H,13-14H2,1-2H3/b22-18+/t15?,19-,20+,21-/m1/s1. The molecule has 1 N–H and O–H groups in total. The summed E-state index contributed by atoms with van der Waals surface area (Å²) < 4.78 is 23.3. The fraction of sp³-hybridized carbons (Fsp3) is 0.381. The highest BCUT2D eigenvalue weighted by atomic mass is 16.7. The first-order valence-electron chi connectivity index (χ1n) is 8.94. The van der Waals surface area contributed by atoms with Crippen molar-refractivity contribution in [1.82, 2.24) is 0 Å². The number of methoxy groups -OCH3 is 1. The third kappa shape index (κ3) is 4.93. The first-order valence-corrected chi connectivity index (χ1v) is 8.94. The van der Waals surface area contributed by atoms with Gasteiger partial charge in [-0.15, -0.1) is 0 Å². The molecule has 6 nitrogen and oxygen atoms in total. The van der Waals surface area contributed by atoms with Gasteiger partial charge in [-0.2, -0.15) is 0 Å². The molecule has 4 atom stereocenters. The average molecular weight is 371 g/mol. The quantitative estimate of drug-likeness (QED) is 0.597. The van der Waals surface area contributed by atoms with Gasteiger partial charge >= 0.3 is 0 Å². The van der Waals surface area contributed by atoms with Crippen molar-refractivity contribution >= 4 is 5.71 Å². The summed E-state index contributed by atoms with van der Waals surface area (Å²) in [6, 6.07) is 19.6. The molecule has 1 unspecified atom stereocenters. The molecule has 27 heavy (non-hydrogen) atoms. The van der Waals surface area contributed by atoms with Crippen molar-refractivity contribution in [2.45, 2.75) is 44.7 Å². The molecule has 0 aromatic heterocycles. The molecule has 0 bridgehead atoms. The van der Waals surface area contributed by atoms with Gasteiger partial charge in [0, 0.05) is 7.11 Å². The molecule has 0 amide bonds. The van der Waals surface area contributed by atoms with Gasteiger partial charge in [0.05, 0.1) is 19.3 Å². The van der Waals surface area contributed by atoms with Gasteiger partial charge in [0.15, 0.2) is 12.4 Å². The zero-order valence-corrected chi connectivity index (χ0v) is 15.5. The Balaban J connectivity index is 1.71. The minimum Gasteiger partial charge on any atom is -0.411 e. The molecule has 0 radical (unpaired) electrons. The molecule has 2 aromatic carbocycles. The van der Waals surface area contributed by atoms with E-state index in [1.165, 1.54) is 7.11 Å². The smallest absolute Gasteiger partial charge is 0.189 e. The van der Waals surface area contributed by atoms with Crippen LogP contribution in [0.25, 0.3) is 0 Å². The molecule has 1 heterocycles. The second-order valence-corrected chi connectivity index (χ2v) is 6.40. The van der Waals surface area contributed by atoms with Crippen LogP contribution in [0, 0.1) is 0 Å². The number of ether oxygens (including phenoxy) is 4. The van der Waals surface area contributed by atoms with E-state index in [-0.39, 0.29) is 6.10 Å². The maximum atomic E-state index is 9.67. The number of rotatable bonds is 7. The maximum absolute atomic E-state index is 9.67. The molecule has 1 fully saturated rings. The minimum atomic E-state index is -0.675. The van der Waals surface area contributed by atoms with Gasteiger partial charge in [0.2, 0.25) is 0 Å². The number of oxime groups is 1.